The molecule has 0 bridgehead atoms. The molecule has 0 saturated carbocycles. The van der Waals surface area contributed by atoms with Crippen molar-refractivity contribution < 1.29 is 4.74 Å². The fourth-order valence-electron chi connectivity index (χ4n) is 2.33. The highest BCUT2D eigenvalue weighted by Gasteiger charge is 2.17. The average Bonchev–Trinajstić information content (AvgIpc) is 2.86. The number of nitrogens with one attached hydrogen (secondary N) is 1. The molecule has 1 aromatic heterocycles. The predicted octanol–water partition coefficient (Wildman–Crippen LogP) is 2.60. The number of morpholine rings is 1. The van der Waals surface area contributed by atoms with Gasteiger partial charge in [-0.2, -0.15) is 0 Å². The first-order valence-electron chi connectivity index (χ1n) is 6.38. The third-order valence-corrected chi connectivity index (χ3v) is 3.99. The molecule has 1 fully saturated rings. The summed E-state index contributed by atoms with van der Waals surface area (Å²) in [7, 11) is 0. The zero-order chi connectivity index (χ0) is 13.2. The Bertz CT molecular complexity index is 576. The smallest absolute Gasteiger partial charge is 0.110 e. The Morgan fingerprint density at radius 1 is 1.47 bits per heavy atom. The van der Waals surface area contributed by atoms with E-state index < -0.39 is 0 Å². The summed E-state index contributed by atoms with van der Waals surface area (Å²) >= 11 is 3.64. The van der Waals surface area contributed by atoms with Gasteiger partial charge in [-0.25, -0.2) is 4.98 Å². The molecule has 100 valence electrons. The lowest BCUT2D eigenvalue weighted by atomic mass is 10.1. The molecule has 1 unspecified atom stereocenters. The molecule has 0 radical (unpaired) electrons. The molecule has 1 aliphatic rings. The summed E-state index contributed by atoms with van der Waals surface area (Å²) in [6.45, 7) is 4.57. The van der Waals surface area contributed by atoms with E-state index in [0.717, 1.165) is 35.7 Å². The van der Waals surface area contributed by atoms with E-state index >= 15 is 0 Å². The molecular weight excluding hydrogens is 306 g/mol. The van der Waals surface area contributed by atoms with Crippen LogP contribution in [0.2, 0.25) is 0 Å². The molecule has 1 aromatic carbocycles. The van der Waals surface area contributed by atoms with Gasteiger partial charge in [0.15, 0.2) is 0 Å². The van der Waals surface area contributed by atoms with E-state index in [1.54, 1.807) is 0 Å². The van der Waals surface area contributed by atoms with Crippen molar-refractivity contribution in [2.45, 2.75) is 13.0 Å². The van der Waals surface area contributed by atoms with Crippen molar-refractivity contribution in [1.29, 1.82) is 0 Å². The van der Waals surface area contributed by atoms with Gasteiger partial charge in [-0.1, -0.05) is 6.07 Å². The van der Waals surface area contributed by atoms with Crippen LogP contribution in [0.4, 0.5) is 0 Å². The average molecular weight is 322 g/mol. The van der Waals surface area contributed by atoms with E-state index in [1.165, 1.54) is 5.56 Å². The number of aryl methyl sites for hydroxylation is 1. The van der Waals surface area contributed by atoms with Crippen LogP contribution in [-0.2, 0) is 4.74 Å². The number of nitrogens with zero attached hydrogens (tertiary/aromatic N) is 2. The van der Waals surface area contributed by atoms with Gasteiger partial charge in [0, 0.05) is 30.0 Å². The summed E-state index contributed by atoms with van der Waals surface area (Å²) in [5, 5.41) is 3.35. The highest BCUT2D eigenvalue weighted by Crippen LogP contribution is 2.28. The molecule has 2 aromatic rings. The van der Waals surface area contributed by atoms with E-state index in [-0.39, 0.29) is 6.10 Å². The van der Waals surface area contributed by atoms with Crippen LogP contribution < -0.4 is 5.32 Å². The van der Waals surface area contributed by atoms with Crippen LogP contribution in [0.15, 0.2) is 35.1 Å². The Labute approximate surface area is 120 Å². The van der Waals surface area contributed by atoms with Gasteiger partial charge in [-0.3, -0.25) is 0 Å². The first kappa shape index (κ1) is 12.8. The molecule has 1 atom stereocenters. The minimum Gasteiger partial charge on any atom is -0.371 e. The van der Waals surface area contributed by atoms with E-state index in [1.807, 2.05) is 19.3 Å². The second kappa shape index (κ2) is 5.45. The van der Waals surface area contributed by atoms with Gasteiger partial charge >= 0.3 is 0 Å². The molecule has 4 nitrogen and oxygen atoms in total. The Kier molecular flexibility index (Phi) is 3.68. The van der Waals surface area contributed by atoms with Gasteiger partial charge in [0.25, 0.3) is 0 Å². The van der Waals surface area contributed by atoms with Crippen LogP contribution in [0.1, 0.15) is 17.5 Å². The van der Waals surface area contributed by atoms with Crippen LogP contribution >= 0.6 is 15.9 Å². The SMILES string of the molecule is Cc1nccn1-c1ccc(C2CNCCO2)cc1Br. The normalized spacial score (nSPS) is 19.6. The monoisotopic (exact) mass is 321 g/mol. The van der Waals surface area contributed by atoms with Crippen molar-refractivity contribution in [2.24, 2.45) is 0 Å². The molecule has 2 heterocycles. The van der Waals surface area contributed by atoms with Gasteiger partial charge in [0.1, 0.15) is 5.82 Å². The summed E-state index contributed by atoms with van der Waals surface area (Å²) in [6, 6.07) is 6.36. The van der Waals surface area contributed by atoms with E-state index in [9.17, 15) is 0 Å². The van der Waals surface area contributed by atoms with E-state index in [2.05, 4.69) is 49.0 Å². The quantitative estimate of drug-likeness (QED) is 0.924. The fraction of sp³-hybridized carbons (Fsp3) is 0.357. The highest BCUT2D eigenvalue weighted by molar-refractivity contribution is 9.10. The summed E-state index contributed by atoms with van der Waals surface area (Å²) < 4.78 is 8.89. The maximum atomic E-state index is 5.77. The first-order valence-corrected chi connectivity index (χ1v) is 7.17. The van der Waals surface area contributed by atoms with E-state index in [4.69, 9.17) is 4.74 Å². The molecule has 0 spiro atoms. The van der Waals surface area contributed by atoms with Crippen LogP contribution in [-0.4, -0.2) is 29.2 Å². The highest BCUT2D eigenvalue weighted by atomic mass is 79.9. The molecule has 1 saturated heterocycles. The third kappa shape index (κ3) is 2.59. The van der Waals surface area contributed by atoms with Gasteiger partial charge < -0.3 is 14.6 Å². The number of hydrogen-bond donors (Lipinski definition) is 1. The molecule has 3 rings (SSSR count). The number of ether oxygens (including phenoxy) is 1. The van der Waals surface area contributed by atoms with Crippen molar-refractivity contribution in [1.82, 2.24) is 14.9 Å². The van der Waals surface area contributed by atoms with Gasteiger partial charge in [0.05, 0.1) is 18.4 Å². The number of imidazole rings is 1. The Balaban J connectivity index is 1.91. The Morgan fingerprint density at radius 3 is 3.00 bits per heavy atom. The van der Waals surface area contributed by atoms with Gasteiger partial charge in [0.2, 0.25) is 0 Å². The van der Waals surface area contributed by atoms with Gasteiger partial charge in [-0.05, 0) is 40.5 Å². The Morgan fingerprint density at radius 2 is 2.37 bits per heavy atom. The maximum Gasteiger partial charge on any atom is 0.110 e. The number of benzene rings is 1. The maximum absolute atomic E-state index is 5.77. The first-order chi connectivity index (χ1) is 9.25. The summed E-state index contributed by atoms with van der Waals surface area (Å²) in [4.78, 5) is 4.25. The molecule has 1 aliphatic heterocycles. The van der Waals surface area contributed by atoms with Crippen molar-refractivity contribution in [3.05, 3.63) is 46.5 Å². The zero-order valence-electron chi connectivity index (χ0n) is 10.8. The summed E-state index contributed by atoms with van der Waals surface area (Å²) in [6.07, 6.45) is 3.92. The van der Waals surface area contributed by atoms with E-state index in [0.29, 0.717) is 0 Å². The Hall–Kier alpha value is -1.17. The number of halogens is 1. The van der Waals surface area contributed by atoms with Crippen molar-refractivity contribution in [3.8, 4) is 5.69 Å². The third-order valence-electron chi connectivity index (χ3n) is 3.36. The van der Waals surface area contributed by atoms with Crippen molar-refractivity contribution in [2.75, 3.05) is 19.7 Å². The predicted molar refractivity (Wildman–Crippen MR) is 77.6 cm³/mol. The molecule has 1 N–H and O–H groups in total. The van der Waals surface area contributed by atoms with Crippen molar-refractivity contribution >= 4 is 15.9 Å². The second-order valence-corrected chi connectivity index (χ2v) is 5.47. The van der Waals surface area contributed by atoms with Crippen molar-refractivity contribution in [3.63, 3.8) is 0 Å². The molecule has 0 amide bonds. The molecular formula is C14H16BrN3O. The van der Waals surface area contributed by atoms with Crippen LogP contribution in [0.5, 0.6) is 0 Å². The molecule has 19 heavy (non-hydrogen) atoms. The lowest BCUT2D eigenvalue weighted by molar-refractivity contribution is 0.0277. The standard InChI is InChI=1S/C14H16BrN3O/c1-10-17-4-6-18(10)13-3-2-11(8-12(13)15)14-9-16-5-7-19-14/h2-4,6,8,14,16H,5,7,9H2,1H3. The molecule has 5 heteroatoms. The fourth-order valence-corrected chi connectivity index (χ4v) is 2.92. The lowest BCUT2D eigenvalue weighted by Crippen LogP contribution is -2.33. The van der Waals surface area contributed by atoms with Crippen LogP contribution in [0, 0.1) is 6.92 Å². The minimum atomic E-state index is 0.142. The lowest BCUT2D eigenvalue weighted by Gasteiger charge is -2.24. The molecule has 0 aliphatic carbocycles. The van der Waals surface area contributed by atoms with Gasteiger partial charge in [-0.15, -0.1) is 0 Å². The topological polar surface area (TPSA) is 39.1 Å². The summed E-state index contributed by atoms with van der Waals surface area (Å²) in [5.74, 6) is 0.976. The largest absolute Gasteiger partial charge is 0.371 e. The minimum absolute atomic E-state index is 0.142. The van der Waals surface area contributed by atoms with Crippen LogP contribution in [0.3, 0.4) is 0 Å². The number of hydrogen-bond acceptors (Lipinski definition) is 3. The number of rotatable bonds is 2. The second-order valence-electron chi connectivity index (χ2n) is 4.62. The van der Waals surface area contributed by atoms with Crippen LogP contribution in [0.25, 0.3) is 5.69 Å². The zero-order valence-corrected chi connectivity index (χ0v) is 12.4. The summed E-state index contributed by atoms with van der Waals surface area (Å²) in [5.41, 5.74) is 2.29. The number of aromatic nitrogens is 2.